The van der Waals surface area contributed by atoms with Gasteiger partial charge in [-0.1, -0.05) is 0 Å². The minimum atomic E-state index is -0.301. The van der Waals surface area contributed by atoms with Crippen molar-refractivity contribution < 1.29 is 4.79 Å². The van der Waals surface area contributed by atoms with E-state index >= 15 is 0 Å². The molecule has 1 aliphatic carbocycles. The highest BCUT2D eigenvalue weighted by molar-refractivity contribution is 7.10. The number of rotatable bonds is 4. The summed E-state index contributed by atoms with van der Waals surface area (Å²) in [5, 5.41) is 16.8. The van der Waals surface area contributed by atoms with E-state index in [1.165, 1.54) is 12.8 Å². The molecule has 6 nitrogen and oxygen atoms in total. The quantitative estimate of drug-likeness (QED) is 0.940. The Morgan fingerprint density at radius 2 is 2.27 bits per heavy atom. The molecule has 0 bridgehead atoms. The van der Waals surface area contributed by atoms with Crippen LogP contribution in [0.4, 0.5) is 5.00 Å². The summed E-state index contributed by atoms with van der Waals surface area (Å²) in [6, 6.07) is 4.17. The minimum Gasteiger partial charge on any atom is -0.310 e. The predicted molar refractivity (Wildman–Crippen MR) is 83.9 cm³/mol. The molecule has 1 fully saturated rings. The molecule has 0 saturated heterocycles. The normalized spacial score (nSPS) is 15.4. The van der Waals surface area contributed by atoms with E-state index in [1.54, 1.807) is 13.0 Å². The average Bonchev–Trinajstić information content (AvgIpc) is 3.18. The van der Waals surface area contributed by atoms with Gasteiger partial charge >= 0.3 is 0 Å². The number of aryl methyl sites for hydroxylation is 2. The Hall–Kier alpha value is -2.20. The van der Waals surface area contributed by atoms with Crippen molar-refractivity contribution in [2.45, 2.75) is 39.7 Å². The largest absolute Gasteiger partial charge is 0.310 e. The van der Waals surface area contributed by atoms with E-state index in [9.17, 15) is 4.79 Å². The fraction of sp³-hybridized carbons (Fsp3) is 0.467. The first-order chi connectivity index (χ1) is 10.5. The number of nitriles is 1. The van der Waals surface area contributed by atoms with Crippen LogP contribution >= 0.6 is 11.5 Å². The third kappa shape index (κ3) is 2.62. The average molecular weight is 315 g/mol. The molecule has 1 unspecified atom stereocenters. The number of nitrogens with zero attached hydrogens (tertiary/aromatic N) is 4. The summed E-state index contributed by atoms with van der Waals surface area (Å²) in [6.07, 6.45) is 2.46. The van der Waals surface area contributed by atoms with Gasteiger partial charge in [0, 0.05) is 5.69 Å². The molecule has 0 radical (unpaired) electrons. The molecule has 1 atom stereocenters. The van der Waals surface area contributed by atoms with Crippen LogP contribution < -0.4 is 5.32 Å². The highest BCUT2D eigenvalue weighted by Crippen LogP contribution is 2.39. The van der Waals surface area contributed by atoms with Crippen LogP contribution in [-0.2, 0) is 0 Å². The summed E-state index contributed by atoms with van der Waals surface area (Å²) in [6.45, 7) is 5.85. The van der Waals surface area contributed by atoms with Crippen LogP contribution in [0.15, 0.2) is 6.07 Å². The Morgan fingerprint density at radius 3 is 2.91 bits per heavy atom. The summed E-state index contributed by atoms with van der Waals surface area (Å²) in [5.41, 5.74) is 2.40. The van der Waals surface area contributed by atoms with Crippen LogP contribution in [0, 0.1) is 31.1 Å². The van der Waals surface area contributed by atoms with Crippen molar-refractivity contribution in [1.29, 1.82) is 5.26 Å². The highest BCUT2D eigenvalue weighted by atomic mass is 32.1. The summed E-state index contributed by atoms with van der Waals surface area (Å²) < 4.78 is 6.02. The lowest BCUT2D eigenvalue weighted by atomic mass is 10.2. The molecule has 2 aromatic rings. The third-order valence-electron chi connectivity index (χ3n) is 4.05. The maximum atomic E-state index is 12.3. The maximum absolute atomic E-state index is 12.3. The Kier molecular flexibility index (Phi) is 3.71. The molecular formula is C15H17N5OS. The molecule has 0 spiro atoms. The topological polar surface area (TPSA) is 83.6 Å². The molecule has 114 valence electrons. The van der Waals surface area contributed by atoms with Gasteiger partial charge in [0.15, 0.2) is 5.69 Å². The van der Waals surface area contributed by atoms with Gasteiger partial charge in [-0.15, -0.1) is 0 Å². The van der Waals surface area contributed by atoms with E-state index in [0.29, 0.717) is 33.9 Å². The zero-order chi connectivity index (χ0) is 15.9. The van der Waals surface area contributed by atoms with Crippen LogP contribution in [0.3, 0.4) is 0 Å². The van der Waals surface area contributed by atoms with Crippen LogP contribution in [0.5, 0.6) is 0 Å². The number of aromatic nitrogens is 3. The zero-order valence-electron chi connectivity index (χ0n) is 12.8. The zero-order valence-corrected chi connectivity index (χ0v) is 13.6. The molecular weight excluding hydrogens is 298 g/mol. The Bertz CT molecular complexity index is 765. The van der Waals surface area contributed by atoms with Gasteiger partial charge in [0.25, 0.3) is 5.91 Å². The van der Waals surface area contributed by atoms with E-state index in [-0.39, 0.29) is 5.91 Å². The van der Waals surface area contributed by atoms with Crippen molar-refractivity contribution in [1.82, 2.24) is 14.2 Å². The van der Waals surface area contributed by atoms with E-state index < -0.39 is 0 Å². The first-order valence-corrected chi connectivity index (χ1v) is 8.02. The van der Waals surface area contributed by atoms with Gasteiger partial charge in [0.2, 0.25) is 0 Å². The Balaban J connectivity index is 1.80. The fourth-order valence-electron chi connectivity index (χ4n) is 2.54. The van der Waals surface area contributed by atoms with Gasteiger partial charge in [0.1, 0.15) is 16.6 Å². The SMILES string of the molecule is Cc1nsc(NC(=O)c2cc(C)n(C(C)C3CC3)n2)c1C#N. The summed E-state index contributed by atoms with van der Waals surface area (Å²) >= 11 is 1.12. The van der Waals surface area contributed by atoms with Crippen molar-refractivity contribution in [2.24, 2.45) is 5.92 Å². The van der Waals surface area contributed by atoms with Gasteiger partial charge < -0.3 is 5.32 Å². The van der Waals surface area contributed by atoms with Crippen LogP contribution in [-0.4, -0.2) is 20.1 Å². The molecule has 1 amide bonds. The predicted octanol–water partition coefficient (Wildman–Crippen LogP) is 3.05. The molecule has 0 aliphatic heterocycles. The van der Waals surface area contributed by atoms with Crippen molar-refractivity contribution in [2.75, 3.05) is 5.32 Å². The lowest BCUT2D eigenvalue weighted by Crippen LogP contribution is -2.15. The van der Waals surface area contributed by atoms with E-state index in [2.05, 4.69) is 27.8 Å². The summed E-state index contributed by atoms with van der Waals surface area (Å²) in [5.74, 6) is 0.369. The lowest BCUT2D eigenvalue weighted by molar-refractivity contribution is 0.102. The summed E-state index contributed by atoms with van der Waals surface area (Å²) in [7, 11) is 0. The van der Waals surface area contributed by atoms with Crippen LogP contribution in [0.25, 0.3) is 0 Å². The smallest absolute Gasteiger partial charge is 0.276 e. The van der Waals surface area contributed by atoms with Gasteiger partial charge in [-0.2, -0.15) is 14.7 Å². The number of amides is 1. The second-order valence-corrected chi connectivity index (χ2v) is 6.50. The molecule has 22 heavy (non-hydrogen) atoms. The number of carbonyl (C=O) groups is 1. The van der Waals surface area contributed by atoms with E-state index in [4.69, 9.17) is 5.26 Å². The van der Waals surface area contributed by atoms with Crippen LogP contribution in [0.1, 0.15) is 53.2 Å². The molecule has 2 aromatic heterocycles. The van der Waals surface area contributed by atoms with Crippen molar-refractivity contribution in [3.05, 3.63) is 28.7 Å². The van der Waals surface area contributed by atoms with Gasteiger partial charge in [0.05, 0.1) is 11.7 Å². The van der Waals surface area contributed by atoms with Crippen LogP contribution in [0.2, 0.25) is 0 Å². The molecule has 7 heteroatoms. The van der Waals surface area contributed by atoms with Crippen molar-refractivity contribution >= 4 is 22.4 Å². The maximum Gasteiger partial charge on any atom is 0.276 e. The number of hydrogen-bond donors (Lipinski definition) is 1. The monoisotopic (exact) mass is 315 g/mol. The standard InChI is InChI=1S/C15H17N5OS/c1-8-6-13(18-20(8)10(3)11-4-5-11)14(21)17-15-12(7-16)9(2)19-22-15/h6,10-11H,4-5H2,1-3H3,(H,17,21). The Morgan fingerprint density at radius 1 is 1.55 bits per heavy atom. The number of hydrogen-bond acceptors (Lipinski definition) is 5. The van der Waals surface area contributed by atoms with Gasteiger partial charge in [-0.3, -0.25) is 9.48 Å². The van der Waals surface area contributed by atoms with Crippen molar-refractivity contribution in [3.63, 3.8) is 0 Å². The number of anilines is 1. The Labute approximate surface area is 132 Å². The number of nitrogens with one attached hydrogen (secondary N) is 1. The molecule has 2 heterocycles. The second kappa shape index (κ2) is 5.54. The molecule has 1 saturated carbocycles. The minimum absolute atomic E-state index is 0.301. The van der Waals surface area contributed by atoms with Gasteiger partial charge in [-0.25, -0.2) is 0 Å². The first-order valence-electron chi connectivity index (χ1n) is 7.25. The fourth-order valence-corrected chi connectivity index (χ4v) is 3.29. The number of carbonyl (C=O) groups excluding carboxylic acids is 1. The second-order valence-electron chi connectivity index (χ2n) is 5.73. The third-order valence-corrected chi connectivity index (χ3v) is 4.90. The molecule has 0 aromatic carbocycles. The lowest BCUT2D eigenvalue weighted by Gasteiger charge is -2.12. The molecule has 1 N–H and O–H groups in total. The summed E-state index contributed by atoms with van der Waals surface area (Å²) in [4.78, 5) is 12.3. The van der Waals surface area contributed by atoms with Crippen molar-refractivity contribution in [3.8, 4) is 6.07 Å². The first kappa shape index (κ1) is 14.7. The molecule has 1 aliphatic rings. The van der Waals surface area contributed by atoms with Gasteiger partial charge in [-0.05, 0) is 57.1 Å². The van der Waals surface area contributed by atoms with E-state index in [0.717, 1.165) is 17.2 Å². The highest BCUT2D eigenvalue weighted by Gasteiger charge is 2.31. The molecule has 3 rings (SSSR count). The van der Waals surface area contributed by atoms with E-state index in [1.807, 2.05) is 11.6 Å².